The van der Waals surface area contributed by atoms with Crippen LogP contribution in [0.15, 0.2) is 30.6 Å². The summed E-state index contributed by atoms with van der Waals surface area (Å²) in [6.45, 7) is 5.64. The molecular formula is C17H19ClN4O3. The number of esters is 1. The predicted molar refractivity (Wildman–Crippen MR) is 95.3 cm³/mol. The van der Waals surface area contributed by atoms with Crippen molar-refractivity contribution in [1.82, 2.24) is 15.3 Å². The quantitative estimate of drug-likeness (QED) is 0.811. The van der Waals surface area contributed by atoms with E-state index in [0.29, 0.717) is 22.1 Å². The van der Waals surface area contributed by atoms with Crippen LogP contribution >= 0.6 is 11.6 Å². The highest BCUT2D eigenvalue weighted by Gasteiger charge is 2.16. The fourth-order valence-electron chi connectivity index (χ4n) is 1.92. The average Bonchev–Trinajstić information content (AvgIpc) is 2.55. The predicted octanol–water partition coefficient (Wildman–Crippen LogP) is 3.19. The molecule has 0 aliphatic heterocycles. The molecule has 7 nitrogen and oxygen atoms in total. The van der Waals surface area contributed by atoms with Crippen molar-refractivity contribution in [3.05, 3.63) is 46.9 Å². The summed E-state index contributed by atoms with van der Waals surface area (Å²) in [7, 11) is 1.30. The van der Waals surface area contributed by atoms with E-state index in [4.69, 9.17) is 11.6 Å². The summed E-state index contributed by atoms with van der Waals surface area (Å²) in [5.41, 5.74) is 0.668. The molecule has 0 atom stereocenters. The summed E-state index contributed by atoms with van der Waals surface area (Å²) in [6.07, 6.45) is 2.78. The minimum Gasteiger partial charge on any atom is -0.465 e. The third kappa shape index (κ3) is 5.15. The van der Waals surface area contributed by atoms with Crippen molar-refractivity contribution in [2.24, 2.45) is 0 Å². The monoisotopic (exact) mass is 362 g/mol. The standard InChI is InChI=1S/C17H19ClN4O3/c1-17(2,3)22-15(23)13-8-20-14(9-19-13)21-12-7-10(16(24)25-4)5-6-11(12)18/h5-9H,1-4H3,(H,20,21)(H,22,23). The van der Waals surface area contributed by atoms with Gasteiger partial charge in [-0.15, -0.1) is 0 Å². The summed E-state index contributed by atoms with van der Waals surface area (Å²) < 4.78 is 4.68. The molecule has 1 aromatic heterocycles. The molecule has 0 bridgehead atoms. The van der Waals surface area contributed by atoms with E-state index in [9.17, 15) is 9.59 Å². The van der Waals surface area contributed by atoms with Crippen LogP contribution in [0.25, 0.3) is 0 Å². The summed E-state index contributed by atoms with van der Waals surface area (Å²) in [5, 5.41) is 6.17. The number of anilines is 2. The lowest BCUT2D eigenvalue weighted by molar-refractivity contribution is 0.0600. The van der Waals surface area contributed by atoms with E-state index in [0.717, 1.165) is 0 Å². The molecule has 0 saturated heterocycles. The molecule has 0 aliphatic carbocycles. The Bertz CT molecular complexity index is 785. The van der Waals surface area contributed by atoms with Crippen LogP contribution in [0.4, 0.5) is 11.5 Å². The lowest BCUT2D eigenvalue weighted by atomic mass is 10.1. The summed E-state index contributed by atoms with van der Waals surface area (Å²) in [6, 6.07) is 4.69. The van der Waals surface area contributed by atoms with Crippen molar-refractivity contribution < 1.29 is 14.3 Å². The van der Waals surface area contributed by atoms with Gasteiger partial charge in [-0.05, 0) is 39.0 Å². The molecule has 2 aromatic rings. The molecule has 1 heterocycles. The Morgan fingerprint density at radius 1 is 1.16 bits per heavy atom. The van der Waals surface area contributed by atoms with Gasteiger partial charge in [0, 0.05) is 5.54 Å². The fraction of sp³-hybridized carbons (Fsp3) is 0.294. The van der Waals surface area contributed by atoms with Gasteiger partial charge in [0.25, 0.3) is 5.91 Å². The summed E-state index contributed by atoms with van der Waals surface area (Å²) in [5.74, 6) is -0.395. The molecule has 8 heteroatoms. The van der Waals surface area contributed by atoms with Crippen molar-refractivity contribution in [2.75, 3.05) is 12.4 Å². The zero-order valence-corrected chi connectivity index (χ0v) is 15.1. The number of aromatic nitrogens is 2. The number of carbonyl (C=O) groups excluding carboxylic acids is 2. The zero-order chi connectivity index (χ0) is 18.6. The Morgan fingerprint density at radius 3 is 2.44 bits per heavy atom. The highest BCUT2D eigenvalue weighted by atomic mass is 35.5. The molecular weight excluding hydrogens is 344 g/mol. The first kappa shape index (κ1) is 18.7. The molecule has 0 fully saturated rings. The molecule has 1 amide bonds. The molecule has 0 unspecified atom stereocenters. The molecule has 1 aromatic carbocycles. The average molecular weight is 363 g/mol. The van der Waals surface area contributed by atoms with E-state index in [-0.39, 0.29) is 17.1 Å². The molecule has 0 saturated carbocycles. The third-order valence-corrected chi connectivity index (χ3v) is 3.35. The van der Waals surface area contributed by atoms with Gasteiger partial charge in [-0.25, -0.2) is 14.8 Å². The van der Waals surface area contributed by atoms with Crippen LogP contribution in [0.3, 0.4) is 0 Å². The van der Waals surface area contributed by atoms with Crippen molar-refractivity contribution in [2.45, 2.75) is 26.3 Å². The van der Waals surface area contributed by atoms with Gasteiger partial charge < -0.3 is 15.4 Å². The number of ether oxygens (including phenoxy) is 1. The van der Waals surface area contributed by atoms with Crippen LogP contribution in [0.1, 0.15) is 41.6 Å². The second-order valence-electron chi connectivity index (χ2n) is 6.30. The van der Waals surface area contributed by atoms with E-state index >= 15 is 0 Å². The molecule has 0 radical (unpaired) electrons. The highest BCUT2D eigenvalue weighted by molar-refractivity contribution is 6.33. The first-order valence-electron chi connectivity index (χ1n) is 7.49. The normalized spacial score (nSPS) is 10.9. The number of hydrogen-bond donors (Lipinski definition) is 2. The van der Waals surface area contributed by atoms with Gasteiger partial charge in [0.15, 0.2) is 0 Å². The minimum absolute atomic E-state index is 0.204. The van der Waals surface area contributed by atoms with Gasteiger partial charge in [0.2, 0.25) is 0 Å². The second-order valence-corrected chi connectivity index (χ2v) is 6.71. The minimum atomic E-state index is -0.472. The number of benzene rings is 1. The maximum Gasteiger partial charge on any atom is 0.337 e. The highest BCUT2D eigenvalue weighted by Crippen LogP contribution is 2.26. The smallest absolute Gasteiger partial charge is 0.337 e. The first-order valence-corrected chi connectivity index (χ1v) is 7.87. The number of hydrogen-bond acceptors (Lipinski definition) is 6. The summed E-state index contributed by atoms with van der Waals surface area (Å²) in [4.78, 5) is 31.9. The molecule has 0 spiro atoms. The Kier molecular flexibility index (Phi) is 5.58. The lowest BCUT2D eigenvalue weighted by Crippen LogP contribution is -2.40. The van der Waals surface area contributed by atoms with E-state index in [1.807, 2.05) is 20.8 Å². The van der Waals surface area contributed by atoms with Crippen LogP contribution in [0.5, 0.6) is 0 Å². The van der Waals surface area contributed by atoms with Crippen molar-refractivity contribution in [3.8, 4) is 0 Å². The van der Waals surface area contributed by atoms with Crippen LogP contribution in [-0.4, -0.2) is 34.5 Å². The number of halogens is 1. The third-order valence-electron chi connectivity index (χ3n) is 3.02. The molecule has 2 rings (SSSR count). The van der Waals surface area contributed by atoms with Crippen molar-refractivity contribution in [1.29, 1.82) is 0 Å². The number of nitrogens with one attached hydrogen (secondary N) is 2. The number of rotatable bonds is 4. The molecule has 0 aliphatic rings. The van der Waals surface area contributed by atoms with Gasteiger partial charge in [-0.1, -0.05) is 11.6 Å². The largest absolute Gasteiger partial charge is 0.465 e. The number of carbonyl (C=O) groups is 2. The maximum absolute atomic E-state index is 12.0. The van der Waals surface area contributed by atoms with Gasteiger partial charge in [0.1, 0.15) is 11.5 Å². The number of amides is 1. The Balaban J connectivity index is 2.16. The summed E-state index contributed by atoms with van der Waals surface area (Å²) >= 11 is 6.12. The molecule has 132 valence electrons. The molecule has 2 N–H and O–H groups in total. The van der Waals surface area contributed by atoms with Crippen LogP contribution < -0.4 is 10.6 Å². The topological polar surface area (TPSA) is 93.2 Å². The van der Waals surface area contributed by atoms with E-state index < -0.39 is 5.97 Å². The van der Waals surface area contributed by atoms with Crippen molar-refractivity contribution >= 4 is 35.0 Å². The van der Waals surface area contributed by atoms with Gasteiger partial charge >= 0.3 is 5.97 Å². The van der Waals surface area contributed by atoms with E-state index in [2.05, 4.69) is 25.3 Å². The van der Waals surface area contributed by atoms with Gasteiger partial charge in [0.05, 0.1) is 35.8 Å². The zero-order valence-electron chi connectivity index (χ0n) is 14.4. The van der Waals surface area contributed by atoms with Gasteiger partial charge in [-0.3, -0.25) is 4.79 Å². The van der Waals surface area contributed by atoms with Crippen LogP contribution in [0.2, 0.25) is 5.02 Å². The number of methoxy groups -OCH3 is 1. The van der Waals surface area contributed by atoms with Crippen molar-refractivity contribution in [3.63, 3.8) is 0 Å². The van der Waals surface area contributed by atoms with Gasteiger partial charge in [-0.2, -0.15) is 0 Å². The Hall–Kier alpha value is -2.67. The van der Waals surface area contributed by atoms with E-state index in [1.54, 1.807) is 18.2 Å². The number of nitrogens with zero attached hydrogens (tertiary/aromatic N) is 2. The SMILES string of the molecule is COC(=O)c1ccc(Cl)c(Nc2cnc(C(=O)NC(C)(C)C)cn2)c1. The Labute approximate surface area is 150 Å². The maximum atomic E-state index is 12.0. The molecule has 25 heavy (non-hydrogen) atoms. The van der Waals surface area contributed by atoms with E-state index in [1.165, 1.54) is 19.5 Å². The van der Waals surface area contributed by atoms with Crippen LogP contribution in [-0.2, 0) is 4.74 Å². The Morgan fingerprint density at radius 2 is 1.88 bits per heavy atom. The first-order chi connectivity index (χ1) is 11.7. The lowest BCUT2D eigenvalue weighted by Gasteiger charge is -2.19. The fourth-order valence-corrected chi connectivity index (χ4v) is 2.08. The second kappa shape index (κ2) is 7.48. The van der Waals surface area contributed by atoms with Crippen LogP contribution in [0, 0.1) is 0 Å².